The minimum atomic E-state index is -0.210. The molecule has 0 aliphatic carbocycles. The van der Waals surface area contributed by atoms with Crippen molar-refractivity contribution in [1.82, 2.24) is 0 Å². The molecule has 0 radical (unpaired) electrons. The molecular formula is C13H11FOS. The molecule has 0 saturated heterocycles. The summed E-state index contributed by atoms with van der Waals surface area (Å²) in [6.07, 6.45) is 0. The molecular weight excluding hydrogens is 223 g/mol. The highest BCUT2D eigenvalue weighted by molar-refractivity contribution is 7.99. The van der Waals surface area contributed by atoms with Crippen LogP contribution in [0.4, 0.5) is 4.39 Å². The van der Waals surface area contributed by atoms with Crippen LogP contribution in [0, 0.1) is 5.82 Å². The van der Waals surface area contributed by atoms with Gasteiger partial charge in [-0.3, -0.25) is 0 Å². The fourth-order valence-corrected chi connectivity index (χ4v) is 2.16. The Hall–Kier alpha value is -1.32. The average Bonchev–Trinajstić information content (AvgIpc) is 2.33. The molecule has 0 amide bonds. The van der Waals surface area contributed by atoms with E-state index >= 15 is 0 Å². The summed E-state index contributed by atoms with van der Waals surface area (Å²) in [5.41, 5.74) is 0.859. The van der Waals surface area contributed by atoms with E-state index in [1.807, 2.05) is 30.3 Å². The standard InChI is InChI=1S/C13H11FOS/c14-12-3-1-2-4-13(12)16-11-7-5-10(9-15)6-8-11/h1-8,15H,9H2. The van der Waals surface area contributed by atoms with E-state index in [-0.39, 0.29) is 12.4 Å². The van der Waals surface area contributed by atoms with Gasteiger partial charge in [0.2, 0.25) is 0 Å². The van der Waals surface area contributed by atoms with Crippen LogP contribution in [0.15, 0.2) is 58.3 Å². The summed E-state index contributed by atoms with van der Waals surface area (Å²) in [4.78, 5) is 1.57. The zero-order chi connectivity index (χ0) is 11.4. The zero-order valence-corrected chi connectivity index (χ0v) is 9.38. The van der Waals surface area contributed by atoms with Gasteiger partial charge in [0.05, 0.1) is 6.61 Å². The predicted molar refractivity (Wildman–Crippen MR) is 62.9 cm³/mol. The predicted octanol–water partition coefficient (Wildman–Crippen LogP) is 3.47. The number of hydrogen-bond donors (Lipinski definition) is 1. The second-order valence-electron chi connectivity index (χ2n) is 3.33. The van der Waals surface area contributed by atoms with Crippen molar-refractivity contribution in [3.63, 3.8) is 0 Å². The van der Waals surface area contributed by atoms with E-state index < -0.39 is 0 Å². The summed E-state index contributed by atoms with van der Waals surface area (Å²) < 4.78 is 13.4. The number of hydrogen-bond acceptors (Lipinski definition) is 2. The molecule has 2 rings (SSSR count). The van der Waals surface area contributed by atoms with Gasteiger partial charge >= 0.3 is 0 Å². The van der Waals surface area contributed by atoms with Crippen LogP contribution >= 0.6 is 11.8 Å². The summed E-state index contributed by atoms with van der Waals surface area (Å²) in [5, 5.41) is 8.90. The molecule has 2 aromatic rings. The molecule has 0 aromatic heterocycles. The van der Waals surface area contributed by atoms with Gasteiger partial charge in [-0.1, -0.05) is 36.0 Å². The Morgan fingerprint density at radius 2 is 1.69 bits per heavy atom. The number of halogens is 1. The van der Waals surface area contributed by atoms with E-state index in [9.17, 15) is 4.39 Å². The van der Waals surface area contributed by atoms with E-state index in [1.165, 1.54) is 17.8 Å². The van der Waals surface area contributed by atoms with Crippen molar-refractivity contribution in [2.45, 2.75) is 16.4 Å². The summed E-state index contributed by atoms with van der Waals surface area (Å²) in [6, 6.07) is 14.1. The van der Waals surface area contributed by atoms with Crippen molar-refractivity contribution >= 4 is 11.8 Å². The van der Waals surface area contributed by atoms with Crippen molar-refractivity contribution in [1.29, 1.82) is 0 Å². The Labute approximate surface area is 97.9 Å². The smallest absolute Gasteiger partial charge is 0.137 e. The van der Waals surface area contributed by atoms with Gasteiger partial charge < -0.3 is 5.11 Å². The topological polar surface area (TPSA) is 20.2 Å². The largest absolute Gasteiger partial charge is 0.392 e. The van der Waals surface area contributed by atoms with Gasteiger partial charge in [-0.15, -0.1) is 0 Å². The third-order valence-electron chi connectivity index (χ3n) is 2.17. The number of rotatable bonds is 3. The Morgan fingerprint density at radius 1 is 1.00 bits per heavy atom. The van der Waals surface area contributed by atoms with Gasteiger partial charge in [-0.2, -0.15) is 0 Å². The number of benzene rings is 2. The average molecular weight is 234 g/mol. The first-order valence-corrected chi connectivity index (χ1v) is 5.73. The van der Waals surface area contributed by atoms with Gasteiger partial charge in [0, 0.05) is 9.79 Å². The Kier molecular flexibility index (Phi) is 3.59. The minimum absolute atomic E-state index is 0.0324. The lowest BCUT2D eigenvalue weighted by molar-refractivity contribution is 0.282. The Bertz CT molecular complexity index is 468. The van der Waals surface area contributed by atoms with Crippen molar-refractivity contribution in [2.75, 3.05) is 0 Å². The van der Waals surface area contributed by atoms with Gasteiger partial charge in [0.15, 0.2) is 0 Å². The van der Waals surface area contributed by atoms with Gasteiger partial charge in [0.1, 0.15) is 5.82 Å². The lowest BCUT2D eigenvalue weighted by Gasteiger charge is -2.03. The monoisotopic (exact) mass is 234 g/mol. The molecule has 0 aliphatic rings. The van der Waals surface area contributed by atoms with Crippen molar-refractivity contribution in [3.8, 4) is 0 Å². The van der Waals surface area contributed by atoms with Gasteiger partial charge in [-0.25, -0.2) is 4.39 Å². The van der Waals surface area contributed by atoms with Crippen LogP contribution in [0.3, 0.4) is 0 Å². The summed E-state index contributed by atoms with van der Waals surface area (Å²) in [6.45, 7) is 0.0324. The van der Waals surface area contributed by atoms with Crippen molar-refractivity contribution in [2.24, 2.45) is 0 Å². The fourth-order valence-electron chi connectivity index (χ4n) is 1.32. The maximum absolute atomic E-state index is 13.4. The zero-order valence-electron chi connectivity index (χ0n) is 8.56. The normalized spacial score (nSPS) is 10.4. The van der Waals surface area contributed by atoms with Crippen molar-refractivity contribution in [3.05, 3.63) is 59.9 Å². The molecule has 0 fully saturated rings. The third kappa shape index (κ3) is 2.62. The Balaban J connectivity index is 2.18. The van der Waals surface area contributed by atoms with E-state index in [4.69, 9.17) is 5.11 Å². The molecule has 0 heterocycles. The second-order valence-corrected chi connectivity index (χ2v) is 4.45. The van der Waals surface area contributed by atoms with E-state index in [2.05, 4.69) is 0 Å². The SMILES string of the molecule is OCc1ccc(Sc2ccccc2F)cc1. The van der Waals surface area contributed by atoms with E-state index in [0.29, 0.717) is 4.90 Å². The molecule has 1 nitrogen and oxygen atoms in total. The van der Waals surface area contributed by atoms with Crippen LogP contribution < -0.4 is 0 Å². The van der Waals surface area contributed by atoms with Crippen LogP contribution in [0.5, 0.6) is 0 Å². The van der Waals surface area contributed by atoms with E-state index in [0.717, 1.165) is 10.5 Å². The first-order chi connectivity index (χ1) is 7.79. The molecule has 1 N–H and O–H groups in total. The molecule has 0 atom stereocenters. The molecule has 3 heteroatoms. The summed E-state index contributed by atoms with van der Waals surface area (Å²) in [7, 11) is 0. The second kappa shape index (κ2) is 5.14. The van der Waals surface area contributed by atoms with Gasteiger partial charge in [-0.05, 0) is 29.8 Å². The van der Waals surface area contributed by atoms with Crippen LogP contribution in [0.25, 0.3) is 0 Å². The third-order valence-corrected chi connectivity index (χ3v) is 3.23. The van der Waals surface area contributed by atoms with Crippen molar-refractivity contribution < 1.29 is 9.50 Å². The number of aliphatic hydroxyl groups is 1. The van der Waals surface area contributed by atoms with Gasteiger partial charge in [0.25, 0.3) is 0 Å². The van der Waals surface area contributed by atoms with Crippen LogP contribution in [-0.2, 0) is 6.61 Å². The maximum Gasteiger partial charge on any atom is 0.137 e. The maximum atomic E-state index is 13.4. The first kappa shape index (κ1) is 11.2. The molecule has 16 heavy (non-hydrogen) atoms. The van der Waals surface area contributed by atoms with E-state index in [1.54, 1.807) is 12.1 Å². The molecule has 0 aliphatic heterocycles. The lowest BCUT2D eigenvalue weighted by atomic mass is 10.2. The number of aliphatic hydroxyl groups excluding tert-OH is 1. The highest BCUT2D eigenvalue weighted by atomic mass is 32.2. The quantitative estimate of drug-likeness (QED) is 0.877. The molecule has 0 spiro atoms. The summed E-state index contributed by atoms with van der Waals surface area (Å²) >= 11 is 1.38. The molecule has 0 saturated carbocycles. The highest BCUT2D eigenvalue weighted by Gasteiger charge is 2.02. The summed E-state index contributed by atoms with van der Waals surface area (Å²) in [5.74, 6) is -0.210. The highest BCUT2D eigenvalue weighted by Crippen LogP contribution is 2.29. The lowest BCUT2D eigenvalue weighted by Crippen LogP contribution is -1.83. The first-order valence-electron chi connectivity index (χ1n) is 4.92. The van der Waals surface area contributed by atoms with Crippen LogP contribution in [-0.4, -0.2) is 5.11 Å². The fraction of sp³-hybridized carbons (Fsp3) is 0.0769. The molecule has 82 valence electrons. The van der Waals surface area contributed by atoms with Crippen LogP contribution in [0.2, 0.25) is 0 Å². The Morgan fingerprint density at radius 3 is 2.31 bits per heavy atom. The molecule has 0 bridgehead atoms. The molecule has 0 unspecified atom stereocenters. The minimum Gasteiger partial charge on any atom is -0.392 e. The molecule has 2 aromatic carbocycles. The van der Waals surface area contributed by atoms with Crippen LogP contribution in [0.1, 0.15) is 5.56 Å².